The molecular formula is C63H56BN3S. The highest BCUT2D eigenvalue weighted by Gasteiger charge is 2.45. The predicted octanol–water partition coefficient (Wildman–Crippen LogP) is 15.6. The van der Waals surface area contributed by atoms with Crippen LogP contribution in [0.3, 0.4) is 0 Å². The van der Waals surface area contributed by atoms with E-state index in [1.54, 1.807) is 0 Å². The third kappa shape index (κ3) is 5.78. The van der Waals surface area contributed by atoms with Crippen LogP contribution in [0.1, 0.15) is 88.8 Å². The van der Waals surface area contributed by atoms with Crippen molar-refractivity contribution in [1.29, 1.82) is 0 Å². The first-order valence-corrected chi connectivity index (χ1v) is 25.2. The standard InChI is InChI=1S/C63H56BN3S/c1-37-17-11-14-20-50(37)65(51-21-15-12-18-38(51)2)44-28-29-48-53(36-44)66-52-30-27-41(61(3,4)5)31-46(52)39-23-25-40(26-24-39)63(9,10)43-34-54(66)57-55(35-43)67-58-47(32-42(62(6,7)8)33-49(58)64(48)57)60-59(67)45-19-13-16-22-56(45)68-60/h11-36H,1-10H3. The summed E-state index contributed by atoms with van der Waals surface area (Å²) < 4.78 is 5.40. The molecule has 4 bridgehead atoms. The van der Waals surface area contributed by atoms with Crippen LogP contribution >= 0.6 is 11.3 Å². The van der Waals surface area contributed by atoms with Gasteiger partial charge in [0.2, 0.25) is 0 Å². The molecule has 6 heterocycles. The fraction of sp³-hybridized carbons (Fsp3) is 0.206. The molecule has 2 aromatic heterocycles. The SMILES string of the molecule is Cc1ccccc1N(c1ccc2c(c1)N1c3ccc(C(C)(C)C)cc3-c3ccc(cc3)C(C)(C)c3cc1c1c(c3)-n3c4c(cc(C(C)(C)C)cc4c4sc5ccccc5c43)B21)c1ccccc1C. The topological polar surface area (TPSA) is 11.4 Å². The summed E-state index contributed by atoms with van der Waals surface area (Å²) in [6.45, 7) is 23.4. The molecule has 0 amide bonds. The molecule has 0 saturated heterocycles. The van der Waals surface area contributed by atoms with Crippen molar-refractivity contribution in [3.63, 3.8) is 0 Å². The molecule has 10 aromatic rings. The first-order chi connectivity index (χ1) is 32.6. The normalized spacial score (nSPS) is 14.4. The van der Waals surface area contributed by atoms with E-state index in [0.29, 0.717) is 0 Å². The minimum atomic E-state index is -0.300. The molecule has 0 saturated carbocycles. The number of anilines is 6. The summed E-state index contributed by atoms with van der Waals surface area (Å²) in [4.78, 5) is 5.16. The van der Waals surface area contributed by atoms with Crippen molar-refractivity contribution in [1.82, 2.24) is 4.57 Å². The van der Waals surface area contributed by atoms with Crippen molar-refractivity contribution in [2.75, 3.05) is 9.80 Å². The van der Waals surface area contributed by atoms with Gasteiger partial charge in [-0.2, -0.15) is 0 Å². The zero-order valence-electron chi connectivity index (χ0n) is 40.8. The number of hydrogen-bond donors (Lipinski definition) is 0. The van der Waals surface area contributed by atoms with Gasteiger partial charge in [0.25, 0.3) is 6.71 Å². The molecule has 3 nitrogen and oxygen atoms in total. The Morgan fingerprint density at radius 1 is 0.529 bits per heavy atom. The van der Waals surface area contributed by atoms with Gasteiger partial charge in [0.15, 0.2) is 0 Å². The van der Waals surface area contributed by atoms with Gasteiger partial charge in [-0.15, -0.1) is 11.3 Å². The van der Waals surface area contributed by atoms with Gasteiger partial charge in [-0.3, -0.25) is 0 Å². The summed E-state index contributed by atoms with van der Waals surface area (Å²) in [6.07, 6.45) is 0. The lowest BCUT2D eigenvalue weighted by atomic mass is 9.33. The molecule has 0 atom stereocenters. The second-order valence-electron chi connectivity index (χ2n) is 22.4. The van der Waals surface area contributed by atoms with Crippen molar-refractivity contribution in [3.05, 3.63) is 191 Å². The Bertz CT molecular complexity index is 3730. The first-order valence-electron chi connectivity index (χ1n) is 24.4. The lowest BCUT2D eigenvalue weighted by molar-refractivity contribution is 0.590. The molecular weight excluding hydrogens is 842 g/mol. The van der Waals surface area contributed by atoms with Gasteiger partial charge >= 0.3 is 0 Å². The van der Waals surface area contributed by atoms with E-state index in [2.05, 4.69) is 241 Å². The van der Waals surface area contributed by atoms with Gasteiger partial charge in [0.05, 0.1) is 21.4 Å². The van der Waals surface area contributed by atoms with E-state index in [0.717, 1.165) is 5.69 Å². The Morgan fingerprint density at radius 2 is 1.19 bits per heavy atom. The van der Waals surface area contributed by atoms with Crippen LogP contribution in [0.4, 0.5) is 34.1 Å². The summed E-state index contributed by atoms with van der Waals surface area (Å²) in [7, 11) is 0. The summed E-state index contributed by atoms with van der Waals surface area (Å²) in [6, 6.07) is 61.2. The third-order valence-electron chi connectivity index (χ3n) is 15.8. The largest absolute Gasteiger partial charge is 0.311 e. The lowest BCUT2D eigenvalue weighted by Crippen LogP contribution is -2.60. The van der Waals surface area contributed by atoms with Crippen molar-refractivity contribution < 1.29 is 0 Å². The molecule has 14 rings (SSSR count). The number of para-hydroxylation sites is 2. The molecule has 8 aromatic carbocycles. The Hall–Kier alpha value is -6.82. The Balaban J connectivity index is 1.22. The summed E-state index contributed by atoms with van der Waals surface area (Å²) in [5.74, 6) is 0. The molecule has 68 heavy (non-hydrogen) atoms. The fourth-order valence-electron chi connectivity index (χ4n) is 11.8. The lowest BCUT2D eigenvalue weighted by Gasteiger charge is -2.43. The molecule has 0 fully saturated rings. The summed E-state index contributed by atoms with van der Waals surface area (Å²) in [5, 5.41) is 2.68. The quantitative estimate of drug-likeness (QED) is 0.164. The van der Waals surface area contributed by atoms with Crippen LogP contribution in [-0.4, -0.2) is 11.3 Å². The van der Waals surface area contributed by atoms with Gasteiger partial charge in [-0.25, -0.2) is 0 Å². The number of aromatic nitrogens is 1. The van der Waals surface area contributed by atoms with Crippen molar-refractivity contribution in [2.24, 2.45) is 0 Å². The van der Waals surface area contributed by atoms with Crippen LogP contribution in [-0.2, 0) is 16.2 Å². The molecule has 4 aliphatic heterocycles. The van der Waals surface area contributed by atoms with Crippen molar-refractivity contribution in [2.45, 2.75) is 85.5 Å². The second-order valence-corrected chi connectivity index (χ2v) is 23.4. The van der Waals surface area contributed by atoms with E-state index in [9.17, 15) is 0 Å². The first kappa shape index (κ1) is 41.4. The highest BCUT2D eigenvalue weighted by Crippen LogP contribution is 2.52. The van der Waals surface area contributed by atoms with Crippen LogP contribution in [0.2, 0.25) is 0 Å². The van der Waals surface area contributed by atoms with Gasteiger partial charge in [0, 0.05) is 60.6 Å². The van der Waals surface area contributed by atoms with Crippen LogP contribution < -0.4 is 26.2 Å². The van der Waals surface area contributed by atoms with Crippen LogP contribution in [0, 0.1) is 13.8 Å². The van der Waals surface area contributed by atoms with E-state index in [1.165, 1.54) is 126 Å². The number of hydrogen-bond acceptors (Lipinski definition) is 3. The average Bonchev–Trinajstić information content (AvgIpc) is 3.85. The average molecular weight is 898 g/mol. The van der Waals surface area contributed by atoms with E-state index in [4.69, 9.17) is 0 Å². The Kier molecular flexibility index (Phi) is 8.59. The predicted molar refractivity (Wildman–Crippen MR) is 295 cm³/mol. The molecule has 5 heteroatoms. The van der Waals surface area contributed by atoms with Gasteiger partial charge in [0.1, 0.15) is 0 Å². The van der Waals surface area contributed by atoms with E-state index < -0.39 is 0 Å². The summed E-state index contributed by atoms with van der Waals surface area (Å²) in [5.41, 5.74) is 25.1. The smallest absolute Gasteiger partial charge is 0.252 e. The molecule has 0 aliphatic carbocycles. The maximum atomic E-state index is 2.70. The Morgan fingerprint density at radius 3 is 1.88 bits per heavy atom. The van der Waals surface area contributed by atoms with Crippen LogP contribution in [0.15, 0.2) is 158 Å². The molecule has 0 spiro atoms. The van der Waals surface area contributed by atoms with E-state index in [-0.39, 0.29) is 23.0 Å². The molecule has 0 unspecified atom stereocenters. The number of rotatable bonds is 3. The van der Waals surface area contributed by atoms with Gasteiger partial charge in [-0.1, -0.05) is 152 Å². The highest BCUT2D eigenvalue weighted by atomic mass is 32.1. The minimum absolute atomic E-state index is 0.00823. The van der Waals surface area contributed by atoms with Gasteiger partial charge in [-0.05, 0) is 141 Å². The maximum absolute atomic E-state index is 2.70. The van der Waals surface area contributed by atoms with Gasteiger partial charge < -0.3 is 14.4 Å². The van der Waals surface area contributed by atoms with Crippen molar-refractivity contribution >= 4 is 99.8 Å². The number of aryl methyl sites for hydroxylation is 2. The molecule has 4 aliphatic rings. The monoisotopic (exact) mass is 897 g/mol. The maximum Gasteiger partial charge on any atom is 0.252 e. The van der Waals surface area contributed by atoms with Crippen molar-refractivity contribution in [3.8, 4) is 16.8 Å². The zero-order valence-corrected chi connectivity index (χ0v) is 41.7. The number of benzene rings is 8. The number of nitrogens with zero attached hydrogens (tertiary/aromatic N) is 3. The third-order valence-corrected chi connectivity index (χ3v) is 17.0. The summed E-state index contributed by atoms with van der Waals surface area (Å²) >= 11 is 1.95. The molecule has 332 valence electrons. The zero-order chi connectivity index (χ0) is 46.8. The highest BCUT2D eigenvalue weighted by molar-refractivity contribution is 7.26. The number of fused-ring (bicyclic) bond motifs is 11. The fourth-order valence-corrected chi connectivity index (χ4v) is 13.1. The molecule has 0 N–H and O–H groups in total. The van der Waals surface area contributed by atoms with Crippen LogP contribution in [0.25, 0.3) is 48.0 Å². The Labute approximate surface area is 405 Å². The van der Waals surface area contributed by atoms with E-state index >= 15 is 0 Å². The number of thiophene rings is 1. The second kappa shape index (κ2) is 14.1. The minimum Gasteiger partial charge on any atom is -0.311 e. The van der Waals surface area contributed by atoms with E-state index in [1.807, 2.05) is 11.3 Å². The van der Waals surface area contributed by atoms with Crippen LogP contribution in [0.5, 0.6) is 0 Å². The molecule has 0 radical (unpaired) electrons.